The molecule has 0 aliphatic heterocycles. The molecule has 18 heavy (non-hydrogen) atoms. The van der Waals surface area contributed by atoms with E-state index in [2.05, 4.69) is 49.2 Å². The van der Waals surface area contributed by atoms with E-state index >= 15 is 0 Å². The summed E-state index contributed by atoms with van der Waals surface area (Å²) in [5.74, 6) is 0.688. The summed E-state index contributed by atoms with van der Waals surface area (Å²) in [6.45, 7) is 3.11. The molecule has 2 nitrogen and oxygen atoms in total. The van der Waals surface area contributed by atoms with Crippen LogP contribution in [0.4, 0.5) is 0 Å². The molecule has 0 amide bonds. The van der Waals surface area contributed by atoms with Gasteiger partial charge in [-0.2, -0.15) is 0 Å². The van der Waals surface area contributed by atoms with Crippen molar-refractivity contribution in [2.45, 2.75) is 44.7 Å². The Balaban J connectivity index is 2.12. The molecule has 0 heterocycles. The molecular weight excluding hydrogens is 220 g/mol. The maximum atomic E-state index is 5.92. The first-order chi connectivity index (χ1) is 8.77. The van der Waals surface area contributed by atoms with Gasteiger partial charge in [-0.3, -0.25) is 4.90 Å². The van der Waals surface area contributed by atoms with Crippen LogP contribution in [0.5, 0.6) is 0 Å². The lowest BCUT2D eigenvalue weighted by molar-refractivity contribution is 0.138. The number of rotatable bonds is 5. The predicted octanol–water partition coefficient (Wildman–Crippen LogP) is 3.20. The van der Waals surface area contributed by atoms with Crippen molar-refractivity contribution >= 4 is 0 Å². The largest absolute Gasteiger partial charge is 0.330 e. The van der Waals surface area contributed by atoms with Gasteiger partial charge in [-0.25, -0.2) is 0 Å². The Morgan fingerprint density at radius 1 is 1.28 bits per heavy atom. The van der Waals surface area contributed by atoms with Gasteiger partial charge in [-0.1, -0.05) is 43.7 Å². The van der Waals surface area contributed by atoms with Crippen LogP contribution < -0.4 is 5.73 Å². The lowest BCUT2D eigenvalue weighted by atomic mass is 9.97. The van der Waals surface area contributed by atoms with Crippen LogP contribution in [0.15, 0.2) is 30.3 Å². The third-order valence-electron chi connectivity index (χ3n) is 4.51. The quantitative estimate of drug-likeness (QED) is 0.864. The molecule has 3 unspecified atom stereocenters. The van der Waals surface area contributed by atoms with Crippen LogP contribution in [-0.4, -0.2) is 24.5 Å². The van der Waals surface area contributed by atoms with Crippen LogP contribution in [0.3, 0.4) is 0 Å². The van der Waals surface area contributed by atoms with Crippen molar-refractivity contribution in [2.24, 2.45) is 11.7 Å². The van der Waals surface area contributed by atoms with Gasteiger partial charge < -0.3 is 5.73 Å². The normalized spacial score (nSPS) is 25.6. The minimum absolute atomic E-state index is 0.531. The van der Waals surface area contributed by atoms with Crippen molar-refractivity contribution in [1.82, 2.24) is 4.90 Å². The molecule has 1 aromatic carbocycles. The minimum Gasteiger partial charge on any atom is -0.330 e. The number of nitrogens with two attached hydrogens (primary N) is 1. The van der Waals surface area contributed by atoms with Crippen LogP contribution in [0, 0.1) is 5.92 Å². The molecule has 0 bridgehead atoms. The van der Waals surface area contributed by atoms with Gasteiger partial charge >= 0.3 is 0 Å². The fourth-order valence-electron chi connectivity index (χ4n) is 3.49. The SMILES string of the molecule is CCC(c1ccccc1)N(C)C1CCCC1CN. The molecule has 1 aliphatic rings. The average molecular weight is 246 g/mol. The molecule has 1 aliphatic carbocycles. The Bertz CT molecular complexity index is 349. The number of hydrogen-bond acceptors (Lipinski definition) is 2. The maximum Gasteiger partial charge on any atom is 0.0345 e. The molecule has 2 N–H and O–H groups in total. The Morgan fingerprint density at radius 2 is 2.00 bits per heavy atom. The van der Waals surface area contributed by atoms with Crippen molar-refractivity contribution in [1.29, 1.82) is 0 Å². The Kier molecular flexibility index (Phi) is 4.79. The van der Waals surface area contributed by atoms with E-state index in [4.69, 9.17) is 5.73 Å². The van der Waals surface area contributed by atoms with Crippen molar-refractivity contribution in [3.8, 4) is 0 Å². The maximum absolute atomic E-state index is 5.92. The predicted molar refractivity (Wildman–Crippen MR) is 77.4 cm³/mol. The van der Waals surface area contributed by atoms with Gasteiger partial charge in [0.2, 0.25) is 0 Å². The fraction of sp³-hybridized carbons (Fsp3) is 0.625. The zero-order chi connectivity index (χ0) is 13.0. The topological polar surface area (TPSA) is 29.3 Å². The fourth-order valence-corrected chi connectivity index (χ4v) is 3.49. The molecular formula is C16H26N2. The van der Waals surface area contributed by atoms with E-state index in [1.807, 2.05) is 0 Å². The minimum atomic E-state index is 0.531. The second-order valence-corrected chi connectivity index (χ2v) is 5.49. The molecule has 0 spiro atoms. The van der Waals surface area contributed by atoms with E-state index < -0.39 is 0 Å². The van der Waals surface area contributed by atoms with Crippen LogP contribution in [0.2, 0.25) is 0 Å². The van der Waals surface area contributed by atoms with Gasteiger partial charge in [0, 0.05) is 12.1 Å². The monoisotopic (exact) mass is 246 g/mol. The molecule has 1 aromatic rings. The summed E-state index contributed by atoms with van der Waals surface area (Å²) in [5.41, 5.74) is 7.35. The van der Waals surface area contributed by atoms with E-state index in [1.165, 1.54) is 24.8 Å². The summed E-state index contributed by atoms with van der Waals surface area (Å²) < 4.78 is 0. The first-order valence-corrected chi connectivity index (χ1v) is 7.24. The van der Waals surface area contributed by atoms with Crippen molar-refractivity contribution in [3.63, 3.8) is 0 Å². The van der Waals surface area contributed by atoms with Crippen LogP contribution in [0.1, 0.15) is 44.2 Å². The number of benzene rings is 1. The third-order valence-corrected chi connectivity index (χ3v) is 4.51. The Labute approximate surface area is 111 Å². The second-order valence-electron chi connectivity index (χ2n) is 5.49. The van der Waals surface area contributed by atoms with Crippen LogP contribution >= 0.6 is 0 Å². The molecule has 1 saturated carbocycles. The van der Waals surface area contributed by atoms with Crippen molar-refractivity contribution in [3.05, 3.63) is 35.9 Å². The molecule has 100 valence electrons. The van der Waals surface area contributed by atoms with Gasteiger partial charge in [0.1, 0.15) is 0 Å². The number of hydrogen-bond donors (Lipinski definition) is 1. The van der Waals surface area contributed by atoms with Crippen molar-refractivity contribution < 1.29 is 0 Å². The average Bonchev–Trinajstić information content (AvgIpc) is 2.89. The first-order valence-electron chi connectivity index (χ1n) is 7.24. The van der Waals surface area contributed by atoms with Crippen LogP contribution in [-0.2, 0) is 0 Å². The summed E-state index contributed by atoms with van der Waals surface area (Å²) >= 11 is 0. The Morgan fingerprint density at radius 3 is 2.61 bits per heavy atom. The standard InChI is InChI=1S/C16H26N2/c1-3-15(13-8-5-4-6-9-13)18(2)16-11-7-10-14(16)12-17/h4-6,8-9,14-16H,3,7,10-12,17H2,1-2H3. The lowest BCUT2D eigenvalue weighted by Crippen LogP contribution is -2.39. The van der Waals surface area contributed by atoms with Crippen LogP contribution in [0.25, 0.3) is 0 Å². The summed E-state index contributed by atoms with van der Waals surface area (Å²) in [7, 11) is 2.28. The van der Waals surface area contributed by atoms with E-state index in [0.29, 0.717) is 18.0 Å². The highest BCUT2D eigenvalue weighted by atomic mass is 15.2. The highest BCUT2D eigenvalue weighted by Gasteiger charge is 2.32. The summed E-state index contributed by atoms with van der Waals surface area (Å²) in [6, 6.07) is 12.1. The summed E-state index contributed by atoms with van der Waals surface area (Å²) in [5, 5.41) is 0. The van der Waals surface area contributed by atoms with E-state index in [1.54, 1.807) is 0 Å². The zero-order valence-corrected chi connectivity index (χ0v) is 11.7. The molecule has 0 saturated heterocycles. The van der Waals surface area contributed by atoms with E-state index in [0.717, 1.165) is 13.0 Å². The van der Waals surface area contributed by atoms with Gasteiger partial charge in [0.25, 0.3) is 0 Å². The highest BCUT2D eigenvalue weighted by molar-refractivity contribution is 5.19. The van der Waals surface area contributed by atoms with Gasteiger partial charge in [0.05, 0.1) is 0 Å². The summed E-state index contributed by atoms with van der Waals surface area (Å²) in [6.07, 6.45) is 5.11. The molecule has 2 rings (SSSR count). The smallest absolute Gasteiger partial charge is 0.0345 e. The molecule has 2 heteroatoms. The highest BCUT2D eigenvalue weighted by Crippen LogP contribution is 2.34. The molecule has 1 fully saturated rings. The second kappa shape index (κ2) is 6.35. The lowest BCUT2D eigenvalue weighted by Gasteiger charge is -2.36. The van der Waals surface area contributed by atoms with Gasteiger partial charge in [-0.15, -0.1) is 0 Å². The first kappa shape index (κ1) is 13.6. The van der Waals surface area contributed by atoms with Crippen molar-refractivity contribution in [2.75, 3.05) is 13.6 Å². The van der Waals surface area contributed by atoms with E-state index in [-0.39, 0.29) is 0 Å². The van der Waals surface area contributed by atoms with E-state index in [9.17, 15) is 0 Å². The molecule has 0 radical (unpaired) electrons. The Hall–Kier alpha value is -0.860. The zero-order valence-electron chi connectivity index (χ0n) is 11.7. The third kappa shape index (κ3) is 2.76. The number of nitrogens with zero attached hydrogens (tertiary/aromatic N) is 1. The molecule has 3 atom stereocenters. The summed E-state index contributed by atoms with van der Waals surface area (Å²) in [4.78, 5) is 2.57. The van der Waals surface area contributed by atoms with Gasteiger partial charge in [-0.05, 0) is 44.3 Å². The molecule has 0 aromatic heterocycles. The van der Waals surface area contributed by atoms with Gasteiger partial charge in [0.15, 0.2) is 0 Å².